The molecular weight excluding hydrogens is 428 g/mol. The second-order valence-corrected chi connectivity index (χ2v) is 6.97. The number of hydrogen-bond acceptors (Lipinski definition) is 6. The molecule has 31 heavy (non-hydrogen) atoms. The zero-order valence-corrected chi connectivity index (χ0v) is 17.6. The quantitative estimate of drug-likeness (QED) is 0.459. The van der Waals surface area contributed by atoms with Gasteiger partial charge >= 0.3 is 6.03 Å². The van der Waals surface area contributed by atoms with Gasteiger partial charge in [-0.2, -0.15) is 0 Å². The molecule has 0 radical (unpaired) electrons. The van der Waals surface area contributed by atoms with Crippen molar-refractivity contribution >= 4 is 34.9 Å². The minimum Gasteiger partial charge on any atom is -0.497 e. The van der Waals surface area contributed by atoms with E-state index in [1.807, 2.05) is 0 Å². The Labute approximate surface area is 182 Å². The molecule has 0 aliphatic carbocycles. The van der Waals surface area contributed by atoms with E-state index in [1.54, 1.807) is 25.1 Å². The minimum absolute atomic E-state index is 0.0521. The molecular formula is C20H19ClN4O6. The van der Waals surface area contributed by atoms with Crippen LogP contribution in [0.25, 0.3) is 0 Å². The number of nitro benzene ring substituents is 1. The maximum absolute atomic E-state index is 13.2. The van der Waals surface area contributed by atoms with Crippen molar-refractivity contribution in [3.8, 4) is 11.5 Å². The molecule has 3 N–H and O–H groups in total. The summed E-state index contributed by atoms with van der Waals surface area (Å²) in [5, 5.41) is 19.1. The van der Waals surface area contributed by atoms with Crippen molar-refractivity contribution in [1.82, 2.24) is 10.6 Å². The number of allylic oxidation sites excluding steroid dienone is 1. The van der Waals surface area contributed by atoms with Crippen molar-refractivity contribution in [2.45, 2.75) is 13.0 Å². The highest BCUT2D eigenvalue weighted by molar-refractivity contribution is 6.32. The number of urea groups is 1. The van der Waals surface area contributed by atoms with Crippen LogP contribution in [0.2, 0.25) is 5.02 Å². The molecule has 1 atom stereocenters. The summed E-state index contributed by atoms with van der Waals surface area (Å²) in [5.41, 5.74) is 0.857. The number of halogens is 1. The summed E-state index contributed by atoms with van der Waals surface area (Å²) >= 11 is 5.90. The Kier molecular flexibility index (Phi) is 6.30. The number of nitrogens with one attached hydrogen (secondary N) is 3. The zero-order chi connectivity index (χ0) is 22.7. The molecule has 1 aliphatic rings. The molecule has 0 spiro atoms. The van der Waals surface area contributed by atoms with Crippen LogP contribution in [0.5, 0.6) is 11.5 Å². The summed E-state index contributed by atoms with van der Waals surface area (Å²) in [7, 11) is 2.96. The molecule has 2 aromatic rings. The molecule has 1 unspecified atom stereocenters. The van der Waals surface area contributed by atoms with Crippen molar-refractivity contribution in [3.63, 3.8) is 0 Å². The van der Waals surface area contributed by atoms with Gasteiger partial charge in [0, 0.05) is 17.8 Å². The Morgan fingerprint density at radius 2 is 1.94 bits per heavy atom. The third-order valence-electron chi connectivity index (χ3n) is 4.67. The van der Waals surface area contributed by atoms with Gasteiger partial charge in [-0.25, -0.2) is 4.79 Å². The van der Waals surface area contributed by atoms with Crippen molar-refractivity contribution in [2.75, 3.05) is 19.5 Å². The lowest BCUT2D eigenvalue weighted by Gasteiger charge is -2.28. The van der Waals surface area contributed by atoms with Gasteiger partial charge in [-0.05, 0) is 30.7 Å². The van der Waals surface area contributed by atoms with Gasteiger partial charge < -0.3 is 25.4 Å². The number of nitrogens with zero attached hydrogens (tertiary/aromatic N) is 1. The highest BCUT2D eigenvalue weighted by Crippen LogP contribution is 2.34. The average Bonchev–Trinajstić information content (AvgIpc) is 2.73. The number of amides is 3. The van der Waals surface area contributed by atoms with E-state index in [2.05, 4.69) is 16.0 Å². The number of hydrogen-bond donors (Lipinski definition) is 3. The second kappa shape index (κ2) is 8.92. The number of ether oxygens (including phenoxy) is 2. The predicted molar refractivity (Wildman–Crippen MR) is 113 cm³/mol. The first-order valence-corrected chi connectivity index (χ1v) is 9.38. The van der Waals surface area contributed by atoms with Gasteiger partial charge in [-0.1, -0.05) is 17.7 Å². The molecule has 10 nitrogen and oxygen atoms in total. The van der Waals surface area contributed by atoms with Crippen LogP contribution in [-0.4, -0.2) is 31.1 Å². The lowest BCUT2D eigenvalue weighted by Crippen LogP contribution is -2.46. The van der Waals surface area contributed by atoms with Crippen LogP contribution in [0.4, 0.5) is 16.2 Å². The lowest BCUT2D eigenvalue weighted by molar-refractivity contribution is -0.384. The molecule has 1 heterocycles. The minimum atomic E-state index is -0.936. The fourth-order valence-electron chi connectivity index (χ4n) is 3.19. The van der Waals surface area contributed by atoms with E-state index in [9.17, 15) is 19.7 Å². The molecule has 0 fully saturated rings. The Morgan fingerprint density at radius 3 is 2.58 bits per heavy atom. The van der Waals surface area contributed by atoms with Gasteiger partial charge in [0.1, 0.15) is 16.5 Å². The van der Waals surface area contributed by atoms with Crippen molar-refractivity contribution in [2.24, 2.45) is 0 Å². The first kappa shape index (κ1) is 21.9. The van der Waals surface area contributed by atoms with Crippen LogP contribution in [0.15, 0.2) is 47.7 Å². The average molecular weight is 447 g/mol. The molecule has 0 saturated heterocycles. The van der Waals surface area contributed by atoms with Gasteiger partial charge in [0.2, 0.25) is 0 Å². The Balaban J connectivity index is 2.00. The maximum Gasteiger partial charge on any atom is 0.319 e. The maximum atomic E-state index is 13.2. The molecule has 3 amide bonds. The topological polar surface area (TPSA) is 132 Å². The standard InChI is InChI=1S/C20H19ClN4O6/c1-10-17(19(26)23-14-7-5-12(30-2)9-16(14)31-3)18(24-20(27)22-10)11-4-6-13(21)15(8-11)25(28)29/h4-9,18H,1-3H3,(H,23,26)(H2,22,24,27). The lowest BCUT2D eigenvalue weighted by atomic mass is 9.94. The summed E-state index contributed by atoms with van der Waals surface area (Å²) in [6, 6.07) is 7.49. The van der Waals surface area contributed by atoms with Crippen LogP contribution in [0.3, 0.4) is 0 Å². The highest BCUT2D eigenvalue weighted by atomic mass is 35.5. The molecule has 11 heteroatoms. The third-order valence-corrected chi connectivity index (χ3v) is 4.99. The monoisotopic (exact) mass is 446 g/mol. The van der Waals surface area contributed by atoms with E-state index in [0.29, 0.717) is 28.4 Å². The van der Waals surface area contributed by atoms with Crippen LogP contribution < -0.4 is 25.4 Å². The molecule has 162 valence electrons. The van der Waals surface area contributed by atoms with Gasteiger partial charge in [0.25, 0.3) is 11.6 Å². The molecule has 0 aromatic heterocycles. The largest absolute Gasteiger partial charge is 0.497 e. The van der Waals surface area contributed by atoms with E-state index >= 15 is 0 Å². The molecule has 0 bridgehead atoms. The number of carbonyl (C=O) groups is 2. The van der Waals surface area contributed by atoms with Gasteiger partial charge in [0.05, 0.1) is 36.4 Å². The van der Waals surface area contributed by atoms with Crippen LogP contribution >= 0.6 is 11.6 Å². The predicted octanol–water partition coefficient (Wildman–Crippen LogP) is 3.53. The van der Waals surface area contributed by atoms with E-state index in [-0.39, 0.29) is 16.3 Å². The summed E-state index contributed by atoms with van der Waals surface area (Å²) < 4.78 is 10.5. The number of anilines is 1. The highest BCUT2D eigenvalue weighted by Gasteiger charge is 2.32. The number of methoxy groups -OCH3 is 2. The first-order valence-electron chi connectivity index (χ1n) is 9.00. The van der Waals surface area contributed by atoms with Crippen molar-refractivity contribution in [1.29, 1.82) is 0 Å². The van der Waals surface area contributed by atoms with E-state index in [1.165, 1.54) is 32.4 Å². The first-order chi connectivity index (χ1) is 14.7. The Morgan fingerprint density at radius 1 is 1.19 bits per heavy atom. The second-order valence-electron chi connectivity index (χ2n) is 6.56. The number of nitro groups is 1. The molecule has 3 rings (SSSR count). The number of carbonyl (C=O) groups excluding carboxylic acids is 2. The van der Waals surface area contributed by atoms with Crippen LogP contribution in [0, 0.1) is 10.1 Å². The van der Waals surface area contributed by atoms with E-state index in [4.69, 9.17) is 21.1 Å². The van der Waals surface area contributed by atoms with Crippen molar-refractivity contribution < 1.29 is 24.0 Å². The van der Waals surface area contributed by atoms with Crippen molar-refractivity contribution in [3.05, 3.63) is 68.4 Å². The smallest absolute Gasteiger partial charge is 0.319 e. The summed E-state index contributed by atoms with van der Waals surface area (Å²) in [6.07, 6.45) is 0. The summed E-state index contributed by atoms with van der Waals surface area (Å²) in [4.78, 5) is 35.9. The summed E-state index contributed by atoms with van der Waals surface area (Å²) in [5.74, 6) is 0.386. The number of benzene rings is 2. The fraction of sp³-hybridized carbons (Fsp3) is 0.200. The molecule has 2 aromatic carbocycles. The number of rotatable bonds is 6. The van der Waals surface area contributed by atoms with Crippen LogP contribution in [0.1, 0.15) is 18.5 Å². The zero-order valence-electron chi connectivity index (χ0n) is 16.8. The van der Waals surface area contributed by atoms with E-state index in [0.717, 1.165) is 0 Å². The molecule has 0 saturated carbocycles. The van der Waals surface area contributed by atoms with Gasteiger partial charge in [-0.3, -0.25) is 14.9 Å². The Bertz CT molecular complexity index is 1100. The third kappa shape index (κ3) is 4.53. The van der Waals surface area contributed by atoms with Crippen LogP contribution in [-0.2, 0) is 4.79 Å². The molecule has 1 aliphatic heterocycles. The van der Waals surface area contributed by atoms with Gasteiger partial charge in [-0.15, -0.1) is 0 Å². The van der Waals surface area contributed by atoms with Gasteiger partial charge in [0.15, 0.2) is 0 Å². The Hall–Kier alpha value is -3.79. The normalized spacial score (nSPS) is 15.6. The summed E-state index contributed by atoms with van der Waals surface area (Å²) in [6.45, 7) is 1.57. The fourth-order valence-corrected chi connectivity index (χ4v) is 3.37. The SMILES string of the molecule is COc1ccc(NC(=O)C2=C(C)NC(=O)NC2c2ccc(Cl)c([N+](=O)[O-])c2)c(OC)c1. The van der Waals surface area contributed by atoms with E-state index < -0.39 is 22.9 Å².